The van der Waals surface area contributed by atoms with Gasteiger partial charge in [0.05, 0.1) is 11.4 Å². The molecule has 4 aromatic rings. The van der Waals surface area contributed by atoms with Gasteiger partial charge in [0.1, 0.15) is 10.8 Å². The molecule has 5 heteroatoms. The molecule has 0 aliphatic heterocycles. The molecule has 1 N–H and O–H groups in total. The summed E-state index contributed by atoms with van der Waals surface area (Å²) < 4.78 is 14.1. The first-order chi connectivity index (χ1) is 14.0. The Morgan fingerprint density at radius 1 is 0.931 bits per heavy atom. The highest BCUT2D eigenvalue weighted by Gasteiger charge is 2.15. The van der Waals surface area contributed by atoms with Crippen molar-refractivity contribution in [2.75, 3.05) is 5.32 Å². The minimum Gasteiger partial charge on any atom is -0.321 e. The van der Waals surface area contributed by atoms with Crippen LogP contribution >= 0.6 is 11.3 Å². The second-order valence-corrected chi connectivity index (χ2v) is 7.67. The van der Waals surface area contributed by atoms with Crippen molar-refractivity contribution in [1.82, 2.24) is 4.98 Å². The molecule has 0 aliphatic rings. The summed E-state index contributed by atoms with van der Waals surface area (Å²) >= 11 is 1.38. The standard InChI is InChI=1S/C24H19FN2OS/c1-15-11-12-17(13-16(15)2)23(28)26-21-10-6-4-8-19(21)22-14-29-24(27-22)18-7-3-5-9-20(18)25/h3-14H,1-2H3,(H,26,28). The lowest BCUT2D eigenvalue weighted by molar-refractivity contribution is 0.102. The van der Waals surface area contributed by atoms with Crippen molar-refractivity contribution in [3.05, 3.63) is 94.6 Å². The van der Waals surface area contributed by atoms with Crippen molar-refractivity contribution in [2.24, 2.45) is 0 Å². The van der Waals surface area contributed by atoms with Crippen LogP contribution in [0.1, 0.15) is 21.5 Å². The van der Waals surface area contributed by atoms with E-state index in [2.05, 4.69) is 10.3 Å². The molecule has 4 rings (SSSR count). The molecule has 0 aliphatic carbocycles. The van der Waals surface area contributed by atoms with Crippen LogP contribution in [0.3, 0.4) is 0 Å². The van der Waals surface area contributed by atoms with Gasteiger partial charge in [-0.15, -0.1) is 11.3 Å². The summed E-state index contributed by atoms with van der Waals surface area (Å²) in [5, 5.41) is 5.47. The summed E-state index contributed by atoms with van der Waals surface area (Å²) in [5.41, 5.74) is 5.45. The molecule has 29 heavy (non-hydrogen) atoms. The minimum absolute atomic E-state index is 0.176. The molecule has 3 nitrogen and oxygen atoms in total. The van der Waals surface area contributed by atoms with E-state index in [9.17, 15) is 9.18 Å². The third-order valence-corrected chi connectivity index (χ3v) is 5.70. The lowest BCUT2D eigenvalue weighted by Gasteiger charge is -2.10. The quantitative estimate of drug-likeness (QED) is 0.424. The summed E-state index contributed by atoms with van der Waals surface area (Å²) in [6, 6.07) is 19.7. The highest BCUT2D eigenvalue weighted by Crippen LogP contribution is 2.33. The Bertz CT molecular complexity index is 1200. The SMILES string of the molecule is Cc1ccc(C(=O)Nc2ccccc2-c2csc(-c3ccccc3F)n2)cc1C. The number of hydrogen-bond acceptors (Lipinski definition) is 3. The molecule has 144 valence electrons. The van der Waals surface area contributed by atoms with Crippen LogP contribution in [0.4, 0.5) is 10.1 Å². The third kappa shape index (κ3) is 3.96. The third-order valence-electron chi connectivity index (χ3n) is 4.83. The van der Waals surface area contributed by atoms with Gasteiger partial charge in [-0.05, 0) is 55.3 Å². The smallest absolute Gasteiger partial charge is 0.255 e. The number of rotatable bonds is 4. The second-order valence-electron chi connectivity index (χ2n) is 6.82. The molecule has 3 aromatic carbocycles. The lowest BCUT2D eigenvalue weighted by atomic mass is 10.1. The zero-order valence-electron chi connectivity index (χ0n) is 16.1. The normalized spacial score (nSPS) is 10.7. The number of aryl methyl sites for hydroxylation is 2. The van der Waals surface area contributed by atoms with Gasteiger partial charge in [-0.25, -0.2) is 9.37 Å². The zero-order valence-corrected chi connectivity index (χ0v) is 16.9. The summed E-state index contributed by atoms with van der Waals surface area (Å²) in [6.45, 7) is 4.00. The Balaban J connectivity index is 1.65. The largest absolute Gasteiger partial charge is 0.321 e. The molecule has 1 heterocycles. The number of halogens is 1. The van der Waals surface area contributed by atoms with E-state index in [1.165, 1.54) is 17.4 Å². The number of carbonyl (C=O) groups is 1. The van der Waals surface area contributed by atoms with E-state index in [4.69, 9.17) is 0 Å². The van der Waals surface area contributed by atoms with Crippen LogP contribution in [-0.2, 0) is 0 Å². The van der Waals surface area contributed by atoms with E-state index in [0.29, 0.717) is 27.5 Å². The molecule has 1 amide bonds. The van der Waals surface area contributed by atoms with Crippen LogP contribution in [0, 0.1) is 19.7 Å². The number of nitrogens with zero attached hydrogens (tertiary/aromatic N) is 1. The number of benzene rings is 3. The van der Waals surface area contributed by atoms with Gasteiger partial charge in [0.15, 0.2) is 0 Å². The fraction of sp³-hybridized carbons (Fsp3) is 0.0833. The topological polar surface area (TPSA) is 42.0 Å². The predicted octanol–water partition coefficient (Wildman–Crippen LogP) is 6.49. The van der Waals surface area contributed by atoms with Crippen LogP contribution < -0.4 is 5.32 Å². The van der Waals surface area contributed by atoms with E-state index >= 15 is 0 Å². The van der Waals surface area contributed by atoms with Crippen LogP contribution in [0.2, 0.25) is 0 Å². The maximum Gasteiger partial charge on any atom is 0.255 e. The minimum atomic E-state index is -0.301. The zero-order chi connectivity index (χ0) is 20.4. The first-order valence-corrected chi connectivity index (χ1v) is 10.1. The average molecular weight is 402 g/mol. The van der Waals surface area contributed by atoms with Crippen molar-refractivity contribution in [3.63, 3.8) is 0 Å². The average Bonchev–Trinajstić information content (AvgIpc) is 3.20. The first-order valence-electron chi connectivity index (χ1n) is 9.21. The Morgan fingerprint density at radius 2 is 1.66 bits per heavy atom. The fourth-order valence-electron chi connectivity index (χ4n) is 3.05. The molecule has 0 atom stereocenters. The summed E-state index contributed by atoms with van der Waals surface area (Å²) in [7, 11) is 0. The Labute approximate surface area is 172 Å². The van der Waals surface area contributed by atoms with Gasteiger partial charge in [-0.3, -0.25) is 4.79 Å². The van der Waals surface area contributed by atoms with Crippen LogP contribution in [0.15, 0.2) is 72.1 Å². The molecule has 1 aromatic heterocycles. The Hall–Kier alpha value is -3.31. The maximum absolute atomic E-state index is 14.1. The number of anilines is 1. The number of carbonyl (C=O) groups excluding carboxylic acids is 1. The number of para-hydroxylation sites is 1. The summed E-state index contributed by atoms with van der Waals surface area (Å²) in [6.07, 6.45) is 0. The van der Waals surface area contributed by atoms with E-state index in [-0.39, 0.29) is 11.7 Å². The van der Waals surface area contributed by atoms with E-state index < -0.39 is 0 Å². The van der Waals surface area contributed by atoms with Gasteiger partial charge in [-0.2, -0.15) is 0 Å². The molecular formula is C24H19FN2OS. The highest BCUT2D eigenvalue weighted by atomic mass is 32.1. The lowest BCUT2D eigenvalue weighted by Crippen LogP contribution is -2.13. The van der Waals surface area contributed by atoms with Gasteiger partial charge < -0.3 is 5.32 Å². The molecule has 0 bridgehead atoms. The summed E-state index contributed by atoms with van der Waals surface area (Å²) in [4.78, 5) is 17.4. The number of amides is 1. The molecule has 0 radical (unpaired) electrons. The van der Waals surface area contributed by atoms with Gasteiger partial charge in [0.2, 0.25) is 0 Å². The number of thiazole rings is 1. The van der Waals surface area contributed by atoms with Crippen LogP contribution in [0.25, 0.3) is 21.8 Å². The highest BCUT2D eigenvalue weighted by molar-refractivity contribution is 7.13. The first kappa shape index (κ1) is 19.0. The molecular weight excluding hydrogens is 383 g/mol. The maximum atomic E-state index is 14.1. The van der Waals surface area contributed by atoms with E-state index in [1.54, 1.807) is 18.2 Å². The molecule has 0 saturated heterocycles. The summed E-state index contributed by atoms with van der Waals surface area (Å²) in [5.74, 6) is -0.477. The molecule has 0 spiro atoms. The van der Waals surface area contributed by atoms with Gasteiger partial charge in [0.25, 0.3) is 5.91 Å². The van der Waals surface area contributed by atoms with Gasteiger partial charge in [0, 0.05) is 22.1 Å². The van der Waals surface area contributed by atoms with Crippen molar-refractivity contribution in [1.29, 1.82) is 0 Å². The molecule has 0 saturated carbocycles. The van der Waals surface area contributed by atoms with Crippen molar-refractivity contribution in [3.8, 4) is 21.8 Å². The van der Waals surface area contributed by atoms with Gasteiger partial charge in [-0.1, -0.05) is 36.4 Å². The van der Waals surface area contributed by atoms with Crippen molar-refractivity contribution in [2.45, 2.75) is 13.8 Å². The Morgan fingerprint density at radius 3 is 2.41 bits per heavy atom. The second kappa shape index (κ2) is 7.97. The predicted molar refractivity (Wildman–Crippen MR) is 117 cm³/mol. The van der Waals surface area contributed by atoms with Crippen LogP contribution in [-0.4, -0.2) is 10.9 Å². The van der Waals surface area contributed by atoms with Crippen molar-refractivity contribution >= 4 is 22.9 Å². The fourth-order valence-corrected chi connectivity index (χ4v) is 3.89. The Kier molecular flexibility index (Phi) is 5.23. The number of nitrogens with one attached hydrogen (secondary N) is 1. The van der Waals surface area contributed by atoms with E-state index in [1.807, 2.05) is 61.7 Å². The monoisotopic (exact) mass is 402 g/mol. The van der Waals surface area contributed by atoms with Crippen molar-refractivity contribution < 1.29 is 9.18 Å². The van der Waals surface area contributed by atoms with Gasteiger partial charge >= 0.3 is 0 Å². The van der Waals surface area contributed by atoms with Crippen LogP contribution in [0.5, 0.6) is 0 Å². The number of aromatic nitrogens is 1. The van der Waals surface area contributed by atoms with E-state index in [0.717, 1.165) is 16.7 Å². The molecule has 0 unspecified atom stereocenters. The molecule has 0 fully saturated rings. The number of hydrogen-bond donors (Lipinski definition) is 1.